The smallest absolute Gasteiger partial charge is 0.233 e. The Kier molecular flexibility index (Phi) is 5.06. The Labute approximate surface area is 161 Å². The molecule has 6 heteroatoms. The van der Waals surface area contributed by atoms with Gasteiger partial charge in [0.05, 0.1) is 5.25 Å². The van der Waals surface area contributed by atoms with Gasteiger partial charge in [-0.25, -0.2) is 0 Å². The van der Waals surface area contributed by atoms with Crippen molar-refractivity contribution in [2.24, 2.45) is 17.8 Å². The van der Waals surface area contributed by atoms with E-state index >= 15 is 0 Å². The van der Waals surface area contributed by atoms with Crippen LogP contribution in [-0.2, 0) is 4.79 Å². The first kappa shape index (κ1) is 18.3. The molecule has 2 bridgehead atoms. The van der Waals surface area contributed by atoms with E-state index < -0.39 is 0 Å². The molecular weight excluding hydrogens is 344 g/mol. The lowest BCUT2D eigenvalue weighted by atomic mass is 9.84. The Morgan fingerprint density at radius 1 is 1.12 bits per heavy atom. The van der Waals surface area contributed by atoms with Crippen LogP contribution in [-0.4, -0.2) is 32.0 Å². The van der Waals surface area contributed by atoms with Crippen LogP contribution in [0, 0.1) is 17.8 Å². The number of fused-ring (bicyclic) bond motifs is 2. The molecule has 0 saturated heterocycles. The molecule has 1 aromatic rings. The van der Waals surface area contributed by atoms with Gasteiger partial charge >= 0.3 is 0 Å². The first-order chi connectivity index (χ1) is 12.4. The van der Waals surface area contributed by atoms with Gasteiger partial charge in [-0.05, 0) is 63.7 Å². The fraction of sp³-hybridized carbons (Fsp3) is 0.850. The molecule has 5 nitrogen and oxygen atoms in total. The minimum Gasteiger partial charge on any atom is -0.352 e. The summed E-state index contributed by atoms with van der Waals surface area (Å²) in [7, 11) is 0. The number of rotatable bonds is 7. The number of amides is 1. The van der Waals surface area contributed by atoms with E-state index in [9.17, 15) is 4.79 Å². The highest BCUT2D eigenvalue weighted by Crippen LogP contribution is 2.49. The van der Waals surface area contributed by atoms with E-state index in [1.165, 1.54) is 38.5 Å². The third-order valence-electron chi connectivity index (χ3n) is 6.58. The summed E-state index contributed by atoms with van der Waals surface area (Å²) >= 11 is 1.56. The SMILES string of the molecule is CC(Sc1nnc(C(C)C)n1C1CC1)C(=O)NC(C)C1CC2CCC1C2. The van der Waals surface area contributed by atoms with Crippen molar-refractivity contribution in [1.82, 2.24) is 20.1 Å². The third kappa shape index (κ3) is 3.54. The maximum absolute atomic E-state index is 12.8. The van der Waals surface area contributed by atoms with Crippen molar-refractivity contribution in [3.63, 3.8) is 0 Å². The van der Waals surface area contributed by atoms with Crippen LogP contribution in [0.25, 0.3) is 0 Å². The number of thioether (sulfide) groups is 1. The summed E-state index contributed by atoms with van der Waals surface area (Å²) in [6.07, 6.45) is 7.87. The monoisotopic (exact) mass is 376 g/mol. The Bertz CT molecular complexity index is 669. The van der Waals surface area contributed by atoms with Gasteiger partial charge in [-0.1, -0.05) is 32.0 Å². The van der Waals surface area contributed by atoms with Gasteiger partial charge in [-0.3, -0.25) is 4.79 Å². The standard InChI is InChI=1S/C20H32N4OS/c1-11(2)18-22-23-20(24(18)16-7-8-16)26-13(4)19(25)21-12(3)17-10-14-5-6-15(17)9-14/h11-17H,5-10H2,1-4H3,(H,21,25). The van der Waals surface area contributed by atoms with Crippen molar-refractivity contribution < 1.29 is 4.79 Å². The molecule has 1 heterocycles. The van der Waals surface area contributed by atoms with Gasteiger partial charge in [0.1, 0.15) is 5.82 Å². The lowest BCUT2D eigenvalue weighted by Gasteiger charge is -2.29. The molecule has 5 atom stereocenters. The topological polar surface area (TPSA) is 59.8 Å². The molecule has 0 aromatic carbocycles. The predicted molar refractivity (Wildman–Crippen MR) is 104 cm³/mol. The highest BCUT2D eigenvalue weighted by Gasteiger charge is 2.42. The molecule has 1 N–H and O–H groups in total. The normalized spacial score (nSPS) is 30.0. The van der Waals surface area contributed by atoms with Crippen molar-refractivity contribution in [3.8, 4) is 0 Å². The van der Waals surface area contributed by atoms with Gasteiger partial charge in [0.2, 0.25) is 5.91 Å². The van der Waals surface area contributed by atoms with Crippen LogP contribution in [0.1, 0.15) is 84.0 Å². The predicted octanol–water partition coefficient (Wildman–Crippen LogP) is 4.16. The Balaban J connectivity index is 1.37. The molecule has 3 aliphatic rings. The Morgan fingerprint density at radius 3 is 2.46 bits per heavy atom. The fourth-order valence-corrected chi connectivity index (χ4v) is 5.94. The summed E-state index contributed by atoms with van der Waals surface area (Å²) in [5.74, 6) is 3.99. The summed E-state index contributed by atoms with van der Waals surface area (Å²) in [4.78, 5) is 12.8. The number of hydrogen-bond acceptors (Lipinski definition) is 4. The molecule has 1 amide bonds. The molecule has 0 radical (unpaired) electrons. The molecule has 5 unspecified atom stereocenters. The van der Waals surface area contributed by atoms with E-state index in [1.54, 1.807) is 11.8 Å². The molecule has 0 spiro atoms. The van der Waals surface area contributed by atoms with Crippen LogP contribution in [0.5, 0.6) is 0 Å². The van der Waals surface area contributed by atoms with E-state index in [0.29, 0.717) is 17.9 Å². The van der Waals surface area contributed by atoms with Gasteiger partial charge in [0.25, 0.3) is 0 Å². The number of aromatic nitrogens is 3. The van der Waals surface area contributed by atoms with E-state index in [0.717, 1.165) is 22.8 Å². The van der Waals surface area contributed by atoms with E-state index in [-0.39, 0.29) is 17.2 Å². The Morgan fingerprint density at radius 2 is 1.88 bits per heavy atom. The zero-order valence-electron chi connectivity index (χ0n) is 16.4. The lowest BCUT2D eigenvalue weighted by molar-refractivity contribution is -0.121. The fourth-order valence-electron chi connectivity index (χ4n) is 5.01. The molecule has 26 heavy (non-hydrogen) atoms. The molecule has 0 aliphatic heterocycles. The van der Waals surface area contributed by atoms with Gasteiger partial charge in [0.15, 0.2) is 5.16 Å². The maximum Gasteiger partial charge on any atom is 0.233 e. The summed E-state index contributed by atoms with van der Waals surface area (Å²) in [5.41, 5.74) is 0. The number of carbonyl (C=O) groups is 1. The van der Waals surface area contributed by atoms with Crippen molar-refractivity contribution in [1.29, 1.82) is 0 Å². The van der Waals surface area contributed by atoms with Crippen LogP contribution >= 0.6 is 11.8 Å². The van der Waals surface area contributed by atoms with Gasteiger partial charge in [-0.2, -0.15) is 0 Å². The van der Waals surface area contributed by atoms with Gasteiger partial charge in [0, 0.05) is 18.0 Å². The van der Waals surface area contributed by atoms with E-state index in [4.69, 9.17) is 0 Å². The average molecular weight is 377 g/mol. The Hall–Kier alpha value is -1.04. The zero-order valence-corrected chi connectivity index (χ0v) is 17.3. The third-order valence-corrected chi connectivity index (χ3v) is 7.63. The van der Waals surface area contributed by atoms with Gasteiger partial charge < -0.3 is 9.88 Å². The van der Waals surface area contributed by atoms with Gasteiger partial charge in [-0.15, -0.1) is 10.2 Å². The first-order valence-electron chi connectivity index (χ1n) is 10.4. The second-order valence-electron chi connectivity index (χ2n) is 8.99. The van der Waals surface area contributed by atoms with E-state index in [1.807, 2.05) is 6.92 Å². The number of hydrogen-bond donors (Lipinski definition) is 1. The second kappa shape index (κ2) is 7.17. The molecule has 4 rings (SSSR count). The molecular formula is C20H32N4OS. The second-order valence-corrected chi connectivity index (χ2v) is 10.3. The van der Waals surface area contributed by atoms with Crippen LogP contribution < -0.4 is 5.32 Å². The average Bonchev–Trinajstić information content (AvgIpc) is 3.04. The summed E-state index contributed by atoms with van der Waals surface area (Å²) in [5, 5.41) is 12.9. The zero-order chi connectivity index (χ0) is 18.4. The summed E-state index contributed by atoms with van der Waals surface area (Å²) in [6.45, 7) is 8.51. The highest BCUT2D eigenvalue weighted by molar-refractivity contribution is 8.00. The maximum atomic E-state index is 12.8. The van der Waals surface area contributed by atoms with Crippen molar-refractivity contribution >= 4 is 17.7 Å². The molecule has 144 valence electrons. The number of nitrogens with one attached hydrogen (secondary N) is 1. The molecule has 1 aromatic heterocycles. The molecule has 3 aliphatic carbocycles. The highest BCUT2D eigenvalue weighted by atomic mass is 32.2. The first-order valence-corrected chi connectivity index (χ1v) is 11.2. The largest absolute Gasteiger partial charge is 0.352 e. The van der Waals surface area contributed by atoms with Crippen LogP contribution in [0.2, 0.25) is 0 Å². The molecule has 3 fully saturated rings. The number of nitrogens with zero attached hydrogens (tertiary/aromatic N) is 3. The van der Waals surface area contributed by atoms with E-state index in [2.05, 4.69) is 40.9 Å². The van der Waals surface area contributed by atoms with Crippen molar-refractivity contribution in [3.05, 3.63) is 5.82 Å². The minimum absolute atomic E-state index is 0.140. The lowest BCUT2D eigenvalue weighted by Crippen LogP contribution is -2.43. The van der Waals surface area contributed by atoms with Crippen molar-refractivity contribution in [2.45, 2.75) is 94.6 Å². The van der Waals surface area contributed by atoms with Crippen LogP contribution in [0.4, 0.5) is 0 Å². The summed E-state index contributed by atoms with van der Waals surface area (Å²) < 4.78 is 2.28. The quantitative estimate of drug-likeness (QED) is 0.726. The van der Waals surface area contributed by atoms with Crippen molar-refractivity contribution in [2.75, 3.05) is 0 Å². The van der Waals surface area contributed by atoms with Crippen LogP contribution in [0.15, 0.2) is 5.16 Å². The minimum atomic E-state index is -0.141. The summed E-state index contributed by atoms with van der Waals surface area (Å²) in [6, 6.07) is 0.821. The van der Waals surface area contributed by atoms with Crippen LogP contribution in [0.3, 0.4) is 0 Å². The number of carbonyl (C=O) groups excluding carboxylic acids is 1. The molecule has 3 saturated carbocycles.